The highest BCUT2D eigenvalue weighted by molar-refractivity contribution is 5.94. The fraction of sp³-hybridized carbons (Fsp3) is 0.567. The summed E-state index contributed by atoms with van der Waals surface area (Å²) in [6, 6.07) is 10.7. The first-order chi connectivity index (χ1) is 18.0. The summed E-state index contributed by atoms with van der Waals surface area (Å²) in [7, 11) is 0. The third kappa shape index (κ3) is 4.67. The molecule has 3 heterocycles. The predicted molar refractivity (Wildman–Crippen MR) is 139 cm³/mol. The van der Waals surface area contributed by atoms with Gasteiger partial charge in [-0.3, -0.25) is 14.6 Å². The van der Waals surface area contributed by atoms with Crippen molar-refractivity contribution >= 4 is 11.8 Å². The molecule has 196 valence electrons. The lowest BCUT2D eigenvalue weighted by Crippen LogP contribution is -2.72. The van der Waals surface area contributed by atoms with Crippen LogP contribution in [-0.4, -0.2) is 64.9 Å². The highest BCUT2D eigenvalue weighted by Crippen LogP contribution is 2.75. The molecule has 3 saturated carbocycles. The highest BCUT2D eigenvalue weighted by Gasteiger charge is 2.71. The standard InChI is InChI=1S/C30H37FN4O2/c31-24-8-6-23(7-9-24)29-19-30(20-29,21-29)26(33-28(37)22-5-4-12-32-18-22)17-27(36)35-15-10-25(11-16-35)34-13-2-1-3-14-34/h4-9,12,18,25-26H,1-3,10-11,13-17,19-21H2,(H,33,37). The zero-order valence-electron chi connectivity index (χ0n) is 21.5. The number of amides is 2. The molecule has 1 aromatic carbocycles. The van der Waals surface area contributed by atoms with E-state index in [-0.39, 0.29) is 34.5 Å². The van der Waals surface area contributed by atoms with E-state index in [4.69, 9.17) is 0 Å². The Morgan fingerprint density at radius 3 is 2.35 bits per heavy atom. The van der Waals surface area contributed by atoms with Gasteiger partial charge >= 0.3 is 0 Å². The van der Waals surface area contributed by atoms with Gasteiger partial charge in [0.1, 0.15) is 5.82 Å². The van der Waals surface area contributed by atoms with Crippen molar-refractivity contribution in [2.75, 3.05) is 26.2 Å². The third-order valence-electron chi connectivity index (χ3n) is 9.60. The molecular formula is C30H37FN4O2. The van der Waals surface area contributed by atoms with Crippen molar-refractivity contribution < 1.29 is 14.0 Å². The number of hydrogen-bond acceptors (Lipinski definition) is 4. The predicted octanol–water partition coefficient (Wildman–Crippen LogP) is 4.31. The lowest BCUT2D eigenvalue weighted by molar-refractivity contribution is -0.169. The number of carbonyl (C=O) groups excluding carboxylic acids is 2. The van der Waals surface area contributed by atoms with Crippen LogP contribution in [0.2, 0.25) is 0 Å². The second kappa shape index (κ2) is 9.82. The van der Waals surface area contributed by atoms with E-state index >= 15 is 0 Å². The number of nitrogens with one attached hydrogen (secondary N) is 1. The van der Waals surface area contributed by atoms with E-state index in [2.05, 4.69) is 15.2 Å². The van der Waals surface area contributed by atoms with Gasteiger partial charge in [0.2, 0.25) is 5.91 Å². The van der Waals surface area contributed by atoms with Gasteiger partial charge in [-0.25, -0.2) is 4.39 Å². The summed E-state index contributed by atoms with van der Waals surface area (Å²) in [4.78, 5) is 35.3. The van der Waals surface area contributed by atoms with Crippen molar-refractivity contribution in [3.05, 3.63) is 65.7 Å². The number of rotatable bonds is 7. The van der Waals surface area contributed by atoms with E-state index < -0.39 is 0 Å². The molecule has 1 unspecified atom stereocenters. The highest BCUT2D eigenvalue weighted by atomic mass is 19.1. The number of likely N-dealkylation sites (tertiary alicyclic amines) is 2. The van der Waals surface area contributed by atoms with Gasteiger partial charge in [-0.1, -0.05) is 18.6 Å². The number of benzene rings is 1. The van der Waals surface area contributed by atoms with Crippen LogP contribution in [0.15, 0.2) is 48.8 Å². The van der Waals surface area contributed by atoms with Crippen LogP contribution >= 0.6 is 0 Å². The van der Waals surface area contributed by atoms with Gasteiger partial charge in [-0.2, -0.15) is 0 Å². The van der Waals surface area contributed by atoms with E-state index in [0.717, 1.165) is 45.2 Å². The molecule has 0 radical (unpaired) electrons. The maximum absolute atomic E-state index is 13.5. The summed E-state index contributed by atoms with van der Waals surface area (Å²) in [6.07, 6.45) is 12.3. The molecule has 2 aromatic rings. The molecule has 6 nitrogen and oxygen atoms in total. The second-order valence-electron chi connectivity index (χ2n) is 11.9. The van der Waals surface area contributed by atoms with Gasteiger partial charge in [0, 0.05) is 44.0 Å². The summed E-state index contributed by atoms with van der Waals surface area (Å²) in [5, 5.41) is 3.23. The van der Waals surface area contributed by atoms with Crippen molar-refractivity contribution in [1.82, 2.24) is 20.1 Å². The van der Waals surface area contributed by atoms with E-state index in [0.29, 0.717) is 18.0 Å². The molecule has 2 amide bonds. The molecule has 1 aromatic heterocycles. The number of hydrogen-bond donors (Lipinski definition) is 1. The lowest BCUT2D eigenvalue weighted by atomic mass is 9.31. The molecule has 37 heavy (non-hydrogen) atoms. The van der Waals surface area contributed by atoms with Crippen LogP contribution in [0, 0.1) is 11.2 Å². The van der Waals surface area contributed by atoms with Crippen LogP contribution < -0.4 is 5.32 Å². The first kappa shape index (κ1) is 24.5. The average Bonchev–Trinajstić information content (AvgIpc) is 2.89. The molecule has 2 aliphatic heterocycles. The van der Waals surface area contributed by atoms with Crippen LogP contribution in [-0.2, 0) is 10.2 Å². The normalized spacial score (nSPS) is 28.6. The fourth-order valence-electron chi connectivity index (χ4n) is 7.57. The van der Waals surface area contributed by atoms with Gasteiger partial charge in [-0.15, -0.1) is 0 Å². The Bertz CT molecular complexity index is 1100. The Hall–Kier alpha value is -2.80. The SMILES string of the molecule is O=C(NC(CC(=O)N1CCC(N2CCCCC2)CC1)C12CC(c3ccc(F)cc3)(C1)C2)c1cccnc1. The number of piperidine rings is 2. The first-order valence-electron chi connectivity index (χ1n) is 14.0. The molecule has 0 spiro atoms. The van der Waals surface area contributed by atoms with Gasteiger partial charge < -0.3 is 15.1 Å². The molecule has 5 aliphatic rings. The van der Waals surface area contributed by atoms with E-state index in [1.807, 2.05) is 17.0 Å². The second-order valence-corrected chi connectivity index (χ2v) is 11.9. The molecule has 1 N–H and O–H groups in total. The minimum atomic E-state index is -0.221. The number of aromatic nitrogens is 1. The van der Waals surface area contributed by atoms with E-state index in [1.54, 1.807) is 24.5 Å². The average molecular weight is 505 g/mol. The molecule has 7 rings (SSSR count). The molecule has 1 atom stereocenters. The van der Waals surface area contributed by atoms with Crippen molar-refractivity contribution in [2.45, 2.75) is 75.3 Å². The van der Waals surface area contributed by atoms with Crippen molar-refractivity contribution in [1.29, 1.82) is 0 Å². The first-order valence-corrected chi connectivity index (χ1v) is 14.0. The van der Waals surface area contributed by atoms with Gasteiger partial charge in [-0.05, 0) is 98.7 Å². The molecule has 5 fully saturated rings. The summed E-state index contributed by atoms with van der Waals surface area (Å²) < 4.78 is 13.5. The molecule has 2 saturated heterocycles. The number of carbonyl (C=O) groups is 2. The molecule has 2 bridgehead atoms. The number of nitrogens with zero attached hydrogens (tertiary/aromatic N) is 3. The smallest absolute Gasteiger partial charge is 0.253 e. The van der Waals surface area contributed by atoms with Crippen molar-refractivity contribution in [3.8, 4) is 0 Å². The zero-order valence-corrected chi connectivity index (χ0v) is 21.5. The van der Waals surface area contributed by atoms with Crippen molar-refractivity contribution in [2.24, 2.45) is 5.41 Å². The van der Waals surface area contributed by atoms with Crippen LogP contribution in [0.5, 0.6) is 0 Å². The van der Waals surface area contributed by atoms with Gasteiger partial charge in [0.05, 0.1) is 5.56 Å². The van der Waals surface area contributed by atoms with Gasteiger partial charge in [0.15, 0.2) is 0 Å². The van der Waals surface area contributed by atoms with Crippen LogP contribution in [0.1, 0.15) is 73.7 Å². The Labute approximate surface area is 218 Å². The third-order valence-corrected chi connectivity index (χ3v) is 9.60. The number of pyridine rings is 1. The zero-order chi connectivity index (χ0) is 25.5. The summed E-state index contributed by atoms with van der Waals surface area (Å²) in [5.41, 5.74) is 1.66. The van der Waals surface area contributed by atoms with Crippen molar-refractivity contribution in [3.63, 3.8) is 0 Å². The Kier molecular flexibility index (Phi) is 6.51. The Balaban J connectivity index is 1.12. The maximum atomic E-state index is 13.5. The number of halogens is 1. The van der Waals surface area contributed by atoms with Crippen LogP contribution in [0.3, 0.4) is 0 Å². The topological polar surface area (TPSA) is 65.5 Å². The molecular weight excluding hydrogens is 467 g/mol. The largest absolute Gasteiger partial charge is 0.348 e. The fourth-order valence-corrected chi connectivity index (χ4v) is 7.57. The van der Waals surface area contributed by atoms with E-state index in [1.165, 1.54) is 50.0 Å². The van der Waals surface area contributed by atoms with Crippen LogP contribution in [0.25, 0.3) is 0 Å². The molecule has 3 aliphatic carbocycles. The quantitative estimate of drug-likeness (QED) is 0.610. The summed E-state index contributed by atoms with van der Waals surface area (Å²) in [6.45, 7) is 3.99. The Morgan fingerprint density at radius 2 is 1.70 bits per heavy atom. The monoisotopic (exact) mass is 504 g/mol. The summed E-state index contributed by atoms with van der Waals surface area (Å²) >= 11 is 0. The lowest BCUT2D eigenvalue weighted by Gasteiger charge is -2.73. The van der Waals surface area contributed by atoms with Gasteiger partial charge in [0.25, 0.3) is 5.91 Å². The minimum absolute atomic E-state index is 0.0564. The molecule has 7 heteroatoms. The maximum Gasteiger partial charge on any atom is 0.253 e. The summed E-state index contributed by atoms with van der Waals surface area (Å²) in [5.74, 6) is -0.245. The van der Waals surface area contributed by atoms with Crippen LogP contribution in [0.4, 0.5) is 4.39 Å². The van der Waals surface area contributed by atoms with E-state index in [9.17, 15) is 14.0 Å². The minimum Gasteiger partial charge on any atom is -0.348 e. The Morgan fingerprint density at radius 1 is 1.00 bits per heavy atom.